The summed E-state index contributed by atoms with van der Waals surface area (Å²) in [4.78, 5) is 2.32. The SMILES string of the molecule is CC1(C)Oc2ccc(F)cc2C(O)C1N1CCCCCC1. The normalized spacial score (nSPS) is 29.3. The van der Waals surface area contributed by atoms with Gasteiger partial charge in [0.15, 0.2) is 0 Å². The molecule has 1 aromatic rings. The van der Waals surface area contributed by atoms with Crippen molar-refractivity contribution in [1.29, 1.82) is 0 Å². The summed E-state index contributed by atoms with van der Waals surface area (Å²) < 4.78 is 19.6. The Balaban J connectivity index is 1.95. The fourth-order valence-electron chi connectivity index (χ4n) is 3.75. The molecule has 2 heterocycles. The van der Waals surface area contributed by atoms with Crippen LogP contribution in [0.15, 0.2) is 18.2 Å². The van der Waals surface area contributed by atoms with Gasteiger partial charge in [0.1, 0.15) is 23.3 Å². The number of aliphatic hydroxyl groups is 1. The first-order chi connectivity index (χ1) is 9.99. The molecule has 3 nitrogen and oxygen atoms in total. The molecule has 0 amide bonds. The van der Waals surface area contributed by atoms with Crippen LogP contribution in [0.4, 0.5) is 4.39 Å². The minimum atomic E-state index is -0.711. The molecule has 21 heavy (non-hydrogen) atoms. The lowest BCUT2D eigenvalue weighted by molar-refractivity contribution is -0.0819. The minimum Gasteiger partial charge on any atom is -0.486 e. The second kappa shape index (κ2) is 5.58. The first kappa shape index (κ1) is 14.8. The van der Waals surface area contributed by atoms with Crippen LogP contribution in [-0.4, -0.2) is 34.7 Å². The zero-order chi connectivity index (χ0) is 15.0. The first-order valence-electron chi connectivity index (χ1n) is 7.89. The zero-order valence-corrected chi connectivity index (χ0v) is 12.8. The van der Waals surface area contributed by atoms with Gasteiger partial charge in [-0.2, -0.15) is 0 Å². The van der Waals surface area contributed by atoms with Crippen molar-refractivity contribution in [2.75, 3.05) is 13.1 Å². The Morgan fingerprint density at radius 1 is 1.19 bits per heavy atom. The molecule has 0 aliphatic carbocycles. The van der Waals surface area contributed by atoms with Gasteiger partial charge in [0, 0.05) is 5.56 Å². The molecule has 1 fully saturated rings. The molecule has 2 aliphatic heterocycles. The quantitative estimate of drug-likeness (QED) is 0.862. The number of hydrogen-bond acceptors (Lipinski definition) is 3. The lowest BCUT2D eigenvalue weighted by Gasteiger charge is -2.48. The number of benzene rings is 1. The summed E-state index contributed by atoms with van der Waals surface area (Å²) in [5, 5.41) is 10.8. The summed E-state index contributed by atoms with van der Waals surface area (Å²) >= 11 is 0. The molecule has 116 valence electrons. The van der Waals surface area contributed by atoms with E-state index in [-0.39, 0.29) is 11.9 Å². The van der Waals surface area contributed by atoms with E-state index in [1.54, 1.807) is 6.07 Å². The van der Waals surface area contributed by atoms with E-state index in [0.29, 0.717) is 11.3 Å². The van der Waals surface area contributed by atoms with Gasteiger partial charge in [0.25, 0.3) is 0 Å². The highest BCUT2D eigenvalue weighted by Crippen LogP contribution is 2.42. The molecule has 0 radical (unpaired) electrons. The Kier molecular flexibility index (Phi) is 3.93. The van der Waals surface area contributed by atoms with Gasteiger partial charge >= 0.3 is 0 Å². The average Bonchev–Trinajstić information content (AvgIpc) is 2.68. The molecule has 0 aromatic heterocycles. The van der Waals surface area contributed by atoms with Crippen LogP contribution in [0.5, 0.6) is 5.75 Å². The van der Waals surface area contributed by atoms with Crippen molar-refractivity contribution >= 4 is 0 Å². The van der Waals surface area contributed by atoms with Gasteiger partial charge in [0.2, 0.25) is 0 Å². The van der Waals surface area contributed by atoms with Gasteiger partial charge < -0.3 is 9.84 Å². The van der Waals surface area contributed by atoms with Gasteiger partial charge in [0.05, 0.1) is 6.04 Å². The van der Waals surface area contributed by atoms with Crippen molar-refractivity contribution in [2.24, 2.45) is 0 Å². The van der Waals surface area contributed by atoms with Gasteiger partial charge in [-0.05, 0) is 58.0 Å². The Morgan fingerprint density at radius 3 is 2.52 bits per heavy atom. The third kappa shape index (κ3) is 2.79. The topological polar surface area (TPSA) is 32.7 Å². The van der Waals surface area contributed by atoms with Crippen molar-refractivity contribution in [3.8, 4) is 5.75 Å². The van der Waals surface area contributed by atoms with E-state index in [0.717, 1.165) is 25.9 Å². The first-order valence-corrected chi connectivity index (χ1v) is 7.89. The van der Waals surface area contributed by atoms with Crippen molar-refractivity contribution in [1.82, 2.24) is 4.90 Å². The molecule has 0 bridgehead atoms. The monoisotopic (exact) mass is 293 g/mol. The number of rotatable bonds is 1. The number of likely N-dealkylation sites (tertiary alicyclic amines) is 1. The van der Waals surface area contributed by atoms with Gasteiger partial charge in [-0.15, -0.1) is 0 Å². The predicted octanol–water partition coefficient (Wildman–Crippen LogP) is 3.27. The van der Waals surface area contributed by atoms with E-state index in [4.69, 9.17) is 4.74 Å². The van der Waals surface area contributed by atoms with Gasteiger partial charge in [-0.1, -0.05) is 12.8 Å². The van der Waals surface area contributed by atoms with Gasteiger partial charge in [-0.3, -0.25) is 4.90 Å². The van der Waals surface area contributed by atoms with Crippen molar-refractivity contribution in [2.45, 2.75) is 57.3 Å². The third-order valence-electron chi connectivity index (χ3n) is 4.71. The molecule has 0 saturated carbocycles. The molecule has 1 aromatic carbocycles. The van der Waals surface area contributed by atoms with E-state index in [1.165, 1.54) is 25.0 Å². The molecule has 3 rings (SSSR count). The van der Waals surface area contributed by atoms with Crippen LogP contribution >= 0.6 is 0 Å². The Bertz CT molecular complexity index is 510. The van der Waals surface area contributed by atoms with Crippen LogP contribution in [0.25, 0.3) is 0 Å². The maximum Gasteiger partial charge on any atom is 0.126 e. The van der Waals surface area contributed by atoms with E-state index in [9.17, 15) is 9.50 Å². The third-order valence-corrected chi connectivity index (χ3v) is 4.71. The molecule has 4 heteroatoms. The second-order valence-corrected chi connectivity index (χ2v) is 6.73. The zero-order valence-electron chi connectivity index (χ0n) is 12.8. The highest BCUT2D eigenvalue weighted by Gasteiger charge is 2.46. The Hall–Kier alpha value is -1.13. The number of halogens is 1. The maximum atomic E-state index is 13.5. The summed E-state index contributed by atoms with van der Waals surface area (Å²) in [5.41, 5.74) is 0.0813. The summed E-state index contributed by atoms with van der Waals surface area (Å²) in [6.07, 6.45) is 4.07. The summed E-state index contributed by atoms with van der Waals surface area (Å²) in [6, 6.07) is 4.27. The Labute approximate surface area is 125 Å². The van der Waals surface area contributed by atoms with Crippen molar-refractivity contribution in [3.05, 3.63) is 29.6 Å². The largest absolute Gasteiger partial charge is 0.486 e. The average molecular weight is 293 g/mol. The van der Waals surface area contributed by atoms with Crippen LogP contribution in [-0.2, 0) is 0 Å². The minimum absolute atomic E-state index is 0.134. The molecular formula is C17H24FNO2. The molecule has 2 aliphatic rings. The highest BCUT2D eigenvalue weighted by atomic mass is 19.1. The van der Waals surface area contributed by atoms with Crippen LogP contribution in [0, 0.1) is 5.82 Å². The number of ether oxygens (including phenoxy) is 1. The summed E-state index contributed by atoms with van der Waals surface area (Å²) in [7, 11) is 0. The van der Waals surface area contributed by atoms with Crippen molar-refractivity contribution < 1.29 is 14.2 Å². The van der Waals surface area contributed by atoms with Crippen LogP contribution in [0.1, 0.15) is 51.2 Å². The van der Waals surface area contributed by atoms with Crippen molar-refractivity contribution in [3.63, 3.8) is 0 Å². The summed E-state index contributed by atoms with van der Waals surface area (Å²) in [5.74, 6) is 0.269. The number of hydrogen-bond donors (Lipinski definition) is 1. The Morgan fingerprint density at radius 2 is 1.86 bits per heavy atom. The fourth-order valence-corrected chi connectivity index (χ4v) is 3.75. The summed E-state index contributed by atoms with van der Waals surface area (Å²) in [6.45, 7) is 5.97. The fraction of sp³-hybridized carbons (Fsp3) is 0.647. The highest BCUT2D eigenvalue weighted by molar-refractivity contribution is 5.40. The van der Waals surface area contributed by atoms with Crippen LogP contribution in [0.2, 0.25) is 0 Å². The molecular weight excluding hydrogens is 269 g/mol. The molecule has 2 atom stereocenters. The standard InChI is InChI=1S/C17H24FNO2/c1-17(2)16(19-9-5-3-4-6-10-19)15(20)13-11-12(18)7-8-14(13)21-17/h7-8,11,15-16,20H,3-6,9-10H2,1-2H3. The lowest BCUT2D eigenvalue weighted by atomic mass is 9.84. The predicted molar refractivity (Wildman–Crippen MR) is 79.9 cm³/mol. The van der Waals surface area contributed by atoms with Crippen LogP contribution in [0.3, 0.4) is 0 Å². The number of aliphatic hydroxyl groups excluding tert-OH is 1. The van der Waals surface area contributed by atoms with Gasteiger partial charge in [-0.25, -0.2) is 4.39 Å². The molecule has 2 unspecified atom stereocenters. The van der Waals surface area contributed by atoms with E-state index in [1.807, 2.05) is 13.8 Å². The van der Waals surface area contributed by atoms with E-state index >= 15 is 0 Å². The number of fused-ring (bicyclic) bond motifs is 1. The maximum absolute atomic E-state index is 13.5. The molecule has 1 N–H and O–H groups in total. The van der Waals surface area contributed by atoms with Crippen LogP contribution < -0.4 is 4.74 Å². The van der Waals surface area contributed by atoms with E-state index in [2.05, 4.69) is 4.90 Å². The smallest absolute Gasteiger partial charge is 0.126 e. The second-order valence-electron chi connectivity index (χ2n) is 6.73. The van der Waals surface area contributed by atoms with E-state index < -0.39 is 11.7 Å². The molecule has 1 saturated heterocycles. The lowest BCUT2D eigenvalue weighted by Crippen LogP contribution is -2.58. The molecule has 0 spiro atoms. The number of nitrogens with zero attached hydrogens (tertiary/aromatic N) is 1.